The van der Waals surface area contributed by atoms with Crippen molar-refractivity contribution in [2.45, 2.75) is 128 Å². The first-order chi connectivity index (χ1) is 21.4. The Morgan fingerprint density at radius 2 is 1.52 bits per heavy atom. The van der Waals surface area contributed by atoms with E-state index in [1.54, 1.807) is 7.11 Å². The Bertz CT molecular complexity index is 1270. The predicted molar refractivity (Wildman–Crippen MR) is 187 cm³/mol. The van der Waals surface area contributed by atoms with Gasteiger partial charge in [0.05, 0.1) is 39.0 Å². The number of hydrogen-bond donors (Lipinski definition) is 0. The molecule has 0 radical (unpaired) electrons. The number of carbonyl (C=O) groups excluding carboxylic acids is 2. The minimum atomic E-state index is -2.41. The lowest BCUT2D eigenvalue weighted by Crippen LogP contribution is -2.65. The van der Waals surface area contributed by atoms with Crippen LogP contribution in [0.3, 0.4) is 0 Å². The summed E-state index contributed by atoms with van der Waals surface area (Å²) in [5.74, 6) is 0.420. The van der Waals surface area contributed by atoms with Crippen LogP contribution in [0.15, 0.2) is 34.7 Å². The quantitative estimate of drug-likeness (QED) is 0.0753. The summed E-state index contributed by atoms with van der Waals surface area (Å²) >= 11 is 0. The van der Waals surface area contributed by atoms with E-state index in [0.29, 0.717) is 48.3 Å². The van der Waals surface area contributed by atoms with E-state index in [1.807, 2.05) is 24.3 Å². The molecule has 1 saturated carbocycles. The first-order valence-electron chi connectivity index (χ1n) is 16.7. The predicted octanol–water partition coefficient (Wildman–Crippen LogP) is 9.16. The van der Waals surface area contributed by atoms with Gasteiger partial charge in [-0.25, -0.2) is 4.79 Å². The standard InChI is InChI=1S/C36H58O8Si2/c1-23(2)46(24(3)4,25(5)6)44-34-31(32-30(35(38)40-11)20-28(21-37)42-32)29(33(34)43-45(12,13)36(7,8)9)18-19-41-22-26-14-16-27(39-10)17-15-26/h14-17,20-21,23-25,29,31,33-34H,18-19,22H2,1-13H3/t29-,31+,33-,34-/m1/s1. The first-order valence-corrected chi connectivity index (χ1v) is 21.7. The highest BCUT2D eigenvalue weighted by molar-refractivity contribution is 6.77. The van der Waals surface area contributed by atoms with Crippen molar-refractivity contribution in [1.29, 1.82) is 0 Å². The van der Waals surface area contributed by atoms with Gasteiger partial charge in [-0.2, -0.15) is 0 Å². The van der Waals surface area contributed by atoms with Crippen LogP contribution in [0.25, 0.3) is 0 Å². The summed E-state index contributed by atoms with van der Waals surface area (Å²) in [4.78, 5) is 25.0. The molecule has 258 valence electrons. The van der Waals surface area contributed by atoms with Crippen molar-refractivity contribution in [2.24, 2.45) is 5.92 Å². The number of carbonyl (C=O) groups is 2. The number of rotatable bonds is 16. The molecule has 46 heavy (non-hydrogen) atoms. The third kappa shape index (κ3) is 7.89. The van der Waals surface area contributed by atoms with Crippen LogP contribution in [0.1, 0.15) is 107 Å². The molecule has 0 spiro atoms. The smallest absolute Gasteiger partial charge is 0.341 e. The van der Waals surface area contributed by atoms with Crippen LogP contribution in [0.4, 0.5) is 0 Å². The molecule has 10 heteroatoms. The Morgan fingerprint density at radius 1 is 0.935 bits per heavy atom. The number of benzene rings is 1. The second-order valence-corrected chi connectivity index (χ2v) is 25.3. The van der Waals surface area contributed by atoms with Crippen LogP contribution < -0.4 is 4.74 Å². The third-order valence-corrected chi connectivity index (χ3v) is 21.0. The lowest BCUT2D eigenvalue weighted by atomic mass is 9.65. The lowest BCUT2D eigenvalue weighted by Gasteiger charge is -2.58. The van der Waals surface area contributed by atoms with E-state index in [0.717, 1.165) is 11.3 Å². The van der Waals surface area contributed by atoms with Gasteiger partial charge in [-0.3, -0.25) is 4.79 Å². The SMILES string of the molecule is COC(=O)c1cc(C=O)oc1[C@@H]1[C@@H](CCOCc2ccc(OC)cc2)[C@@H](O[Si](C)(C)C(C)(C)C)[C@@H]1O[Si](C(C)C)(C(C)C)C(C)C. The fraction of sp³-hybridized carbons (Fsp3) is 0.667. The van der Waals surface area contributed by atoms with Crippen LogP contribution >= 0.6 is 0 Å². The van der Waals surface area contributed by atoms with Gasteiger partial charge >= 0.3 is 5.97 Å². The van der Waals surface area contributed by atoms with E-state index in [1.165, 1.54) is 13.2 Å². The maximum Gasteiger partial charge on any atom is 0.341 e. The van der Waals surface area contributed by atoms with Crippen molar-refractivity contribution < 1.29 is 37.1 Å². The van der Waals surface area contributed by atoms with Gasteiger partial charge in [0.15, 0.2) is 20.4 Å². The molecule has 1 aliphatic rings. The van der Waals surface area contributed by atoms with Gasteiger partial charge in [-0.15, -0.1) is 0 Å². The Hall–Kier alpha value is -2.25. The number of furan rings is 1. The second kappa shape index (κ2) is 15.3. The molecule has 0 saturated heterocycles. The molecule has 3 rings (SSSR count). The Labute approximate surface area is 279 Å². The Balaban J connectivity index is 2.09. The molecule has 8 nitrogen and oxygen atoms in total. The van der Waals surface area contributed by atoms with Gasteiger partial charge in [-0.1, -0.05) is 74.4 Å². The van der Waals surface area contributed by atoms with Crippen molar-refractivity contribution >= 4 is 28.9 Å². The van der Waals surface area contributed by atoms with E-state index in [9.17, 15) is 9.59 Å². The highest BCUT2D eigenvalue weighted by Crippen LogP contribution is 2.56. The Kier molecular flexibility index (Phi) is 12.7. The van der Waals surface area contributed by atoms with Crippen molar-refractivity contribution in [3.8, 4) is 5.75 Å². The van der Waals surface area contributed by atoms with Crippen molar-refractivity contribution in [3.63, 3.8) is 0 Å². The molecule has 1 aliphatic carbocycles. The number of aldehydes is 1. The maximum atomic E-state index is 13.0. The molecule has 2 aromatic rings. The summed E-state index contributed by atoms with van der Waals surface area (Å²) in [6, 6.07) is 9.34. The second-order valence-electron chi connectivity index (χ2n) is 15.2. The average Bonchev–Trinajstić information content (AvgIpc) is 3.41. The van der Waals surface area contributed by atoms with E-state index < -0.39 is 22.6 Å². The van der Waals surface area contributed by atoms with Gasteiger partial charge < -0.3 is 27.5 Å². The Morgan fingerprint density at radius 3 is 2.00 bits per heavy atom. The molecular weight excluding hydrogens is 617 g/mol. The van der Waals surface area contributed by atoms with Crippen LogP contribution in [-0.2, 0) is 24.9 Å². The number of hydrogen-bond acceptors (Lipinski definition) is 8. The van der Waals surface area contributed by atoms with E-state index in [-0.39, 0.29) is 40.4 Å². The number of ether oxygens (including phenoxy) is 3. The van der Waals surface area contributed by atoms with Crippen LogP contribution in [-0.4, -0.2) is 61.9 Å². The number of methoxy groups -OCH3 is 2. The van der Waals surface area contributed by atoms with Crippen LogP contribution in [0.2, 0.25) is 34.8 Å². The fourth-order valence-corrected chi connectivity index (χ4v) is 13.9. The zero-order chi connectivity index (χ0) is 34.6. The molecule has 0 N–H and O–H groups in total. The molecule has 0 bridgehead atoms. The summed E-state index contributed by atoms with van der Waals surface area (Å²) in [7, 11) is -1.67. The zero-order valence-electron chi connectivity index (χ0n) is 30.4. The van der Waals surface area contributed by atoms with Gasteiger partial charge in [0.2, 0.25) is 8.32 Å². The normalized spacial score (nSPS) is 20.7. The van der Waals surface area contributed by atoms with Gasteiger partial charge in [0.25, 0.3) is 0 Å². The molecular formula is C36H58O8Si2. The molecule has 0 aliphatic heterocycles. The summed E-state index contributed by atoms with van der Waals surface area (Å²) in [6.07, 6.45) is 0.718. The van der Waals surface area contributed by atoms with Gasteiger partial charge in [-0.05, 0) is 58.9 Å². The lowest BCUT2D eigenvalue weighted by molar-refractivity contribution is -0.122. The van der Waals surface area contributed by atoms with E-state index >= 15 is 0 Å². The molecule has 1 aromatic carbocycles. The molecule has 1 aromatic heterocycles. The summed E-state index contributed by atoms with van der Waals surface area (Å²) in [5, 5.41) is -0.0206. The van der Waals surface area contributed by atoms with Crippen LogP contribution in [0, 0.1) is 5.92 Å². The van der Waals surface area contributed by atoms with E-state index in [2.05, 4.69) is 75.4 Å². The minimum Gasteiger partial charge on any atom is -0.497 e. The van der Waals surface area contributed by atoms with Gasteiger partial charge in [0.1, 0.15) is 17.1 Å². The number of esters is 1. The fourth-order valence-electron chi connectivity index (χ4n) is 7.02. The minimum absolute atomic E-state index is 0.0206. The topological polar surface area (TPSA) is 93.4 Å². The molecule has 1 fully saturated rings. The van der Waals surface area contributed by atoms with Crippen molar-refractivity contribution in [3.05, 3.63) is 53.0 Å². The highest BCUT2D eigenvalue weighted by Gasteiger charge is 2.61. The first kappa shape index (κ1) is 38.2. The van der Waals surface area contributed by atoms with Gasteiger partial charge in [0, 0.05) is 18.6 Å². The average molecular weight is 675 g/mol. The summed E-state index contributed by atoms with van der Waals surface area (Å²) in [5.41, 5.74) is 2.35. The summed E-state index contributed by atoms with van der Waals surface area (Å²) < 4.78 is 37.6. The maximum absolute atomic E-state index is 13.0. The van der Waals surface area contributed by atoms with Crippen molar-refractivity contribution in [1.82, 2.24) is 0 Å². The van der Waals surface area contributed by atoms with Crippen LogP contribution in [0.5, 0.6) is 5.75 Å². The largest absolute Gasteiger partial charge is 0.497 e. The third-order valence-electron chi connectivity index (χ3n) is 10.5. The monoisotopic (exact) mass is 674 g/mol. The molecule has 0 unspecified atom stereocenters. The molecule has 1 heterocycles. The summed E-state index contributed by atoms with van der Waals surface area (Å²) in [6.45, 7) is 25.8. The molecule has 4 atom stereocenters. The van der Waals surface area contributed by atoms with E-state index in [4.69, 9.17) is 27.5 Å². The van der Waals surface area contributed by atoms with Crippen molar-refractivity contribution in [2.75, 3.05) is 20.8 Å². The highest BCUT2D eigenvalue weighted by atomic mass is 28.4. The zero-order valence-corrected chi connectivity index (χ0v) is 32.4. The molecule has 0 amide bonds.